The molecular formula is C14H23NO2. The van der Waals surface area contributed by atoms with E-state index < -0.39 is 0 Å². The summed E-state index contributed by atoms with van der Waals surface area (Å²) in [6, 6.07) is 5.85. The normalized spacial score (nSPS) is 14.5. The SMILES string of the molecule is CCC(N)(c1cc(OC)cc(OC)c1)C(C)C. The number of hydrogen-bond donors (Lipinski definition) is 1. The molecule has 1 rings (SSSR count). The maximum atomic E-state index is 6.50. The molecule has 0 aliphatic carbocycles. The molecule has 0 fully saturated rings. The third-order valence-corrected chi connectivity index (χ3v) is 3.50. The van der Waals surface area contributed by atoms with Crippen molar-refractivity contribution in [1.29, 1.82) is 0 Å². The summed E-state index contributed by atoms with van der Waals surface area (Å²) in [6.45, 7) is 6.37. The molecule has 1 atom stereocenters. The van der Waals surface area contributed by atoms with Crippen LogP contribution in [0.15, 0.2) is 18.2 Å². The fourth-order valence-corrected chi connectivity index (χ4v) is 2.02. The van der Waals surface area contributed by atoms with Crippen molar-refractivity contribution < 1.29 is 9.47 Å². The Morgan fingerprint density at radius 2 is 1.59 bits per heavy atom. The van der Waals surface area contributed by atoms with Crippen LogP contribution in [0.2, 0.25) is 0 Å². The first-order valence-electron chi connectivity index (χ1n) is 6.00. The van der Waals surface area contributed by atoms with Crippen LogP contribution in [0.3, 0.4) is 0 Å². The van der Waals surface area contributed by atoms with Gasteiger partial charge in [0.15, 0.2) is 0 Å². The molecule has 2 N–H and O–H groups in total. The Morgan fingerprint density at radius 3 is 1.88 bits per heavy atom. The summed E-state index contributed by atoms with van der Waals surface area (Å²) >= 11 is 0. The van der Waals surface area contributed by atoms with Crippen molar-refractivity contribution in [3.63, 3.8) is 0 Å². The Kier molecular flexibility index (Phi) is 4.40. The lowest BCUT2D eigenvalue weighted by Crippen LogP contribution is -2.41. The Labute approximate surface area is 104 Å². The molecule has 0 aliphatic heterocycles. The molecule has 0 aliphatic rings. The highest BCUT2D eigenvalue weighted by Gasteiger charge is 2.30. The summed E-state index contributed by atoms with van der Waals surface area (Å²) in [5, 5.41) is 0. The lowest BCUT2D eigenvalue weighted by atomic mass is 9.78. The third kappa shape index (κ3) is 2.72. The first-order valence-corrected chi connectivity index (χ1v) is 6.00. The van der Waals surface area contributed by atoms with E-state index in [1.807, 2.05) is 18.2 Å². The van der Waals surface area contributed by atoms with E-state index in [0.29, 0.717) is 5.92 Å². The molecule has 0 bridgehead atoms. The van der Waals surface area contributed by atoms with Crippen molar-refractivity contribution in [3.8, 4) is 11.5 Å². The summed E-state index contributed by atoms with van der Waals surface area (Å²) in [7, 11) is 3.30. The average Bonchev–Trinajstić information content (AvgIpc) is 2.36. The molecule has 0 spiro atoms. The highest BCUT2D eigenvalue weighted by molar-refractivity contribution is 5.41. The Bertz CT molecular complexity index is 354. The average molecular weight is 237 g/mol. The largest absolute Gasteiger partial charge is 0.497 e. The highest BCUT2D eigenvalue weighted by Crippen LogP contribution is 2.35. The maximum absolute atomic E-state index is 6.50. The fourth-order valence-electron chi connectivity index (χ4n) is 2.02. The number of nitrogens with two attached hydrogens (primary N) is 1. The lowest BCUT2D eigenvalue weighted by molar-refractivity contribution is 0.302. The minimum atomic E-state index is -0.345. The van der Waals surface area contributed by atoms with Crippen molar-refractivity contribution in [2.24, 2.45) is 11.7 Å². The summed E-state index contributed by atoms with van der Waals surface area (Å²) in [5.41, 5.74) is 7.21. The van der Waals surface area contributed by atoms with Gasteiger partial charge < -0.3 is 15.2 Å². The van der Waals surface area contributed by atoms with Crippen LogP contribution in [-0.4, -0.2) is 14.2 Å². The van der Waals surface area contributed by atoms with E-state index in [1.165, 1.54) is 0 Å². The van der Waals surface area contributed by atoms with Crippen LogP contribution in [-0.2, 0) is 5.54 Å². The van der Waals surface area contributed by atoms with Gasteiger partial charge in [-0.1, -0.05) is 20.8 Å². The standard InChI is InChI=1S/C14H23NO2/c1-6-14(15,10(2)3)11-7-12(16-4)9-13(8-11)17-5/h7-10H,6,15H2,1-5H3. The van der Waals surface area contributed by atoms with Crippen LogP contribution < -0.4 is 15.2 Å². The van der Waals surface area contributed by atoms with E-state index in [9.17, 15) is 0 Å². The second-order valence-corrected chi connectivity index (χ2v) is 4.65. The third-order valence-electron chi connectivity index (χ3n) is 3.50. The predicted octanol–water partition coefficient (Wildman–Crippen LogP) is 2.92. The van der Waals surface area contributed by atoms with E-state index in [2.05, 4.69) is 20.8 Å². The van der Waals surface area contributed by atoms with Gasteiger partial charge in [-0.2, -0.15) is 0 Å². The van der Waals surface area contributed by atoms with Gasteiger partial charge in [0.1, 0.15) is 11.5 Å². The summed E-state index contributed by atoms with van der Waals surface area (Å²) < 4.78 is 10.6. The molecule has 1 aromatic rings. The minimum absolute atomic E-state index is 0.345. The molecule has 0 amide bonds. The molecular weight excluding hydrogens is 214 g/mol. The zero-order chi connectivity index (χ0) is 13.1. The summed E-state index contributed by atoms with van der Waals surface area (Å²) in [5.74, 6) is 1.91. The maximum Gasteiger partial charge on any atom is 0.122 e. The fraction of sp³-hybridized carbons (Fsp3) is 0.571. The van der Waals surface area contributed by atoms with Gasteiger partial charge in [-0.25, -0.2) is 0 Å². The van der Waals surface area contributed by atoms with Crippen LogP contribution >= 0.6 is 0 Å². The molecule has 0 saturated carbocycles. The van der Waals surface area contributed by atoms with E-state index in [1.54, 1.807) is 14.2 Å². The van der Waals surface area contributed by atoms with Crippen LogP contribution in [0.5, 0.6) is 11.5 Å². The number of rotatable bonds is 5. The number of benzene rings is 1. The zero-order valence-electron chi connectivity index (χ0n) is 11.4. The quantitative estimate of drug-likeness (QED) is 0.856. The van der Waals surface area contributed by atoms with Crippen molar-refractivity contribution in [2.75, 3.05) is 14.2 Å². The molecule has 0 aromatic heterocycles. The van der Waals surface area contributed by atoms with E-state index >= 15 is 0 Å². The van der Waals surface area contributed by atoms with Crippen molar-refractivity contribution >= 4 is 0 Å². The topological polar surface area (TPSA) is 44.5 Å². The second kappa shape index (κ2) is 5.41. The van der Waals surface area contributed by atoms with E-state index in [4.69, 9.17) is 15.2 Å². The van der Waals surface area contributed by atoms with Gasteiger partial charge in [0.2, 0.25) is 0 Å². The van der Waals surface area contributed by atoms with Crippen LogP contribution in [0.1, 0.15) is 32.8 Å². The molecule has 0 radical (unpaired) electrons. The first kappa shape index (κ1) is 13.8. The van der Waals surface area contributed by atoms with Gasteiger partial charge in [0.05, 0.1) is 14.2 Å². The minimum Gasteiger partial charge on any atom is -0.497 e. The molecule has 0 saturated heterocycles. The van der Waals surface area contributed by atoms with Gasteiger partial charge >= 0.3 is 0 Å². The number of methoxy groups -OCH3 is 2. The molecule has 96 valence electrons. The molecule has 3 nitrogen and oxygen atoms in total. The van der Waals surface area contributed by atoms with Gasteiger partial charge in [-0.3, -0.25) is 0 Å². The summed E-state index contributed by atoms with van der Waals surface area (Å²) in [4.78, 5) is 0. The molecule has 1 unspecified atom stereocenters. The van der Waals surface area contributed by atoms with Gasteiger partial charge in [-0.05, 0) is 30.0 Å². The van der Waals surface area contributed by atoms with Crippen LogP contribution in [0, 0.1) is 5.92 Å². The van der Waals surface area contributed by atoms with E-state index in [-0.39, 0.29) is 5.54 Å². The smallest absolute Gasteiger partial charge is 0.122 e. The predicted molar refractivity (Wildman–Crippen MR) is 70.5 cm³/mol. The van der Waals surface area contributed by atoms with Crippen molar-refractivity contribution in [3.05, 3.63) is 23.8 Å². The Balaban J connectivity index is 3.28. The lowest BCUT2D eigenvalue weighted by Gasteiger charge is -2.33. The summed E-state index contributed by atoms with van der Waals surface area (Å²) in [6.07, 6.45) is 0.876. The van der Waals surface area contributed by atoms with E-state index in [0.717, 1.165) is 23.5 Å². The second-order valence-electron chi connectivity index (χ2n) is 4.65. The molecule has 0 heterocycles. The van der Waals surface area contributed by atoms with Crippen LogP contribution in [0.4, 0.5) is 0 Å². The monoisotopic (exact) mass is 237 g/mol. The number of hydrogen-bond acceptors (Lipinski definition) is 3. The first-order chi connectivity index (χ1) is 7.97. The van der Waals surface area contributed by atoms with Crippen LogP contribution in [0.25, 0.3) is 0 Å². The van der Waals surface area contributed by atoms with Gasteiger partial charge in [-0.15, -0.1) is 0 Å². The van der Waals surface area contributed by atoms with Gasteiger partial charge in [0, 0.05) is 11.6 Å². The molecule has 1 aromatic carbocycles. The van der Waals surface area contributed by atoms with Crippen molar-refractivity contribution in [1.82, 2.24) is 0 Å². The number of ether oxygens (including phenoxy) is 2. The zero-order valence-corrected chi connectivity index (χ0v) is 11.4. The Hall–Kier alpha value is -1.22. The van der Waals surface area contributed by atoms with Gasteiger partial charge in [0.25, 0.3) is 0 Å². The molecule has 3 heteroatoms. The Morgan fingerprint density at radius 1 is 1.12 bits per heavy atom. The molecule has 17 heavy (non-hydrogen) atoms. The highest BCUT2D eigenvalue weighted by atomic mass is 16.5. The van der Waals surface area contributed by atoms with Crippen molar-refractivity contribution in [2.45, 2.75) is 32.7 Å².